The van der Waals surface area contributed by atoms with E-state index in [1.807, 2.05) is 4.90 Å². The topological polar surface area (TPSA) is 84.7 Å². The van der Waals surface area contributed by atoms with Crippen LogP contribution in [0, 0.1) is 16.0 Å². The van der Waals surface area contributed by atoms with Gasteiger partial charge in [0, 0.05) is 24.2 Å². The van der Waals surface area contributed by atoms with E-state index in [2.05, 4.69) is 12.2 Å². The summed E-state index contributed by atoms with van der Waals surface area (Å²) in [5, 5.41) is 14.6. The fraction of sp³-hybridized carbons (Fsp3) is 0.588. The summed E-state index contributed by atoms with van der Waals surface area (Å²) in [6, 6.07) is 4.23. The van der Waals surface area contributed by atoms with Crippen molar-refractivity contribution in [1.82, 2.24) is 10.2 Å². The van der Waals surface area contributed by atoms with Gasteiger partial charge in [0.25, 0.3) is 0 Å². The summed E-state index contributed by atoms with van der Waals surface area (Å²) in [5.41, 5.74) is -0.191. The molecule has 7 nitrogen and oxygen atoms in total. The van der Waals surface area contributed by atoms with Gasteiger partial charge >= 0.3 is 5.69 Å². The quantitative estimate of drug-likeness (QED) is 0.529. The molecule has 0 bridgehead atoms. The number of hydrogen-bond acceptors (Lipinski definition) is 5. The second kappa shape index (κ2) is 11.2. The van der Waals surface area contributed by atoms with E-state index < -0.39 is 4.92 Å². The van der Waals surface area contributed by atoms with Crippen LogP contribution in [-0.4, -0.2) is 48.5 Å². The molecule has 0 aromatic heterocycles. The van der Waals surface area contributed by atoms with Crippen LogP contribution in [0.5, 0.6) is 5.75 Å². The zero-order chi connectivity index (χ0) is 18.2. The highest BCUT2D eigenvalue weighted by Gasteiger charge is 2.22. The number of rotatable bonds is 8. The lowest BCUT2D eigenvalue weighted by atomic mass is 9.96. The van der Waals surface area contributed by atoms with Crippen LogP contribution >= 0.6 is 24.0 Å². The number of hydrogen-bond donors (Lipinski definition) is 1. The number of benzene rings is 1. The van der Waals surface area contributed by atoms with Gasteiger partial charge in [-0.25, -0.2) is 0 Å². The Morgan fingerprint density at radius 1 is 1.42 bits per heavy atom. The maximum absolute atomic E-state index is 12.3. The molecule has 0 radical (unpaired) electrons. The lowest BCUT2D eigenvalue weighted by Crippen LogP contribution is -2.41. The van der Waals surface area contributed by atoms with Crippen LogP contribution in [0.4, 0.5) is 5.69 Å². The van der Waals surface area contributed by atoms with Crippen molar-refractivity contribution in [3.05, 3.63) is 33.3 Å². The third-order valence-corrected chi connectivity index (χ3v) is 4.58. The van der Waals surface area contributed by atoms with Gasteiger partial charge in [0.05, 0.1) is 18.0 Å². The molecular weight excluding hydrogens is 381 g/mol. The van der Waals surface area contributed by atoms with Crippen LogP contribution in [0.3, 0.4) is 0 Å². The number of amides is 1. The largest absolute Gasteiger partial charge is 0.486 e. The Morgan fingerprint density at radius 2 is 2.12 bits per heavy atom. The standard InChI is InChI=1S/C17H24ClN3O4.ClH/c1-2-19-12-13-5-8-20(9-6-13)17(22)7-10-25-16-4-3-14(18)11-15(16)21(23)24;/h3-4,11,13,19H,2,5-10,12H2,1H3;1H. The number of nitro benzene ring substituents is 1. The molecule has 1 saturated heterocycles. The highest BCUT2D eigenvalue weighted by Crippen LogP contribution is 2.30. The van der Waals surface area contributed by atoms with E-state index in [1.54, 1.807) is 0 Å². The summed E-state index contributed by atoms with van der Waals surface area (Å²) >= 11 is 5.77. The first-order chi connectivity index (χ1) is 12.0. The zero-order valence-corrected chi connectivity index (χ0v) is 16.4. The number of carbonyl (C=O) groups is 1. The fourth-order valence-electron chi connectivity index (χ4n) is 2.90. The molecule has 1 aromatic rings. The first kappa shape index (κ1) is 22.5. The van der Waals surface area contributed by atoms with Crippen molar-refractivity contribution in [2.24, 2.45) is 5.92 Å². The van der Waals surface area contributed by atoms with Crippen LogP contribution < -0.4 is 10.1 Å². The summed E-state index contributed by atoms with van der Waals surface area (Å²) in [5.74, 6) is 0.780. The number of carbonyl (C=O) groups excluding carboxylic acids is 1. The van der Waals surface area contributed by atoms with Crippen molar-refractivity contribution < 1.29 is 14.5 Å². The van der Waals surface area contributed by atoms with Gasteiger partial charge in [0.15, 0.2) is 5.75 Å². The maximum Gasteiger partial charge on any atom is 0.312 e. The Labute approximate surface area is 164 Å². The van der Waals surface area contributed by atoms with Crippen LogP contribution in [0.25, 0.3) is 0 Å². The Bertz CT molecular complexity index is 608. The van der Waals surface area contributed by atoms with Crippen LogP contribution in [0.15, 0.2) is 18.2 Å². The number of piperidine rings is 1. The Morgan fingerprint density at radius 3 is 2.73 bits per heavy atom. The molecule has 26 heavy (non-hydrogen) atoms. The molecule has 1 aromatic carbocycles. The van der Waals surface area contributed by atoms with Gasteiger partial charge in [-0.05, 0) is 44.0 Å². The van der Waals surface area contributed by atoms with Gasteiger partial charge in [0.2, 0.25) is 5.91 Å². The summed E-state index contributed by atoms with van der Waals surface area (Å²) < 4.78 is 5.43. The molecule has 0 atom stereocenters. The first-order valence-electron chi connectivity index (χ1n) is 8.56. The minimum Gasteiger partial charge on any atom is -0.486 e. The second-order valence-electron chi connectivity index (χ2n) is 6.10. The maximum atomic E-state index is 12.3. The molecule has 2 rings (SSSR count). The van der Waals surface area contributed by atoms with E-state index in [-0.39, 0.29) is 47.8 Å². The van der Waals surface area contributed by atoms with Crippen molar-refractivity contribution in [1.29, 1.82) is 0 Å². The lowest BCUT2D eigenvalue weighted by molar-refractivity contribution is -0.385. The van der Waals surface area contributed by atoms with E-state index in [0.717, 1.165) is 39.0 Å². The molecule has 1 amide bonds. The van der Waals surface area contributed by atoms with Crippen molar-refractivity contribution in [2.75, 3.05) is 32.8 Å². The van der Waals surface area contributed by atoms with Gasteiger partial charge in [-0.2, -0.15) is 0 Å². The molecule has 0 aliphatic carbocycles. The monoisotopic (exact) mass is 405 g/mol. The van der Waals surface area contributed by atoms with E-state index in [4.69, 9.17) is 16.3 Å². The Kier molecular flexibility index (Phi) is 9.69. The molecular formula is C17H25Cl2N3O4. The Hall–Kier alpha value is -1.57. The van der Waals surface area contributed by atoms with Crippen molar-refractivity contribution in [2.45, 2.75) is 26.2 Å². The van der Waals surface area contributed by atoms with Gasteiger partial charge in [-0.15, -0.1) is 12.4 Å². The molecule has 0 saturated carbocycles. The number of halogens is 2. The average Bonchev–Trinajstić information content (AvgIpc) is 2.61. The van der Waals surface area contributed by atoms with Crippen LogP contribution in [0.1, 0.15) is 26.2 Å². The number of nitro groups is 1. The molecule has 1 N–H and O–H groups in total. The van der Waals surface area contributed by atoms with Gasteiger partial charge in [-0.1, -0.05) is 18.5 Å². The van der Waals surface area contributed by atoms with Crippen molar-refractivity contribution in [3.63, 3.8) is 0 Å². The molecule has 1 aliphatic heterocycles. The molecule has 9 heteroatoms. The number of ether oxygens (including phenoxy) is 1. The number of likely N-dealkylation sites (tertiary alicyclic amines) is 1. The van der Waals surface area contributed by atoms with Gasteiger partial charge in [-0.3, -0.25) is 14.9 Å². The number of nitrogens with one attached hydrogen (secondary N) is 1. The highest BCUT2D eigenvalue weighted by molar-refractivity contribution is 6.30. The van der Waals surface area contributed by atoms with Gasteiger partial charge in [0.1, 0.15) is 0 Å². The SMILES string of the molecule is CCNCC1CCN(C(=O)CCOc2ccc(Cl)cc2[N+](=O)[O-])CC1.Cl. The van der Waals surface area contributed by atoms with E-state index in [1.165, 1.54) is 18.2 Å². The average molecular weight is 406 g/mol. The minimum absolute atomic E-state index is 0. The molecule has 0 unspecified atom stereocenters. The minimum atomic E-state index is -0.544. The van der Waals surface area contributed by atoms with E-state index in [9.17, 15) is 14.9 Å². The van der Waals surface area contributed by atoms with Crippen LogP contribution in [0.2, 0.25) is 5.02 Å². The molecule has 0 spiro atoms. The lowest BCUT2D eigenvalue weighted by Gasteiger charge is -2.32. The second-order valence-corrected chi connectivity index (χ2v) is 6.54. The summed E-state index contributed by atoms with van der Waals surface area (Å²) in [7, 11) is 0. The summed E-state index contributed by atoms with van der Waals surface area (Å²) in [4.78, 5) is 24.6. The molecule has 1 fully saturated rings. The Balaban J connectivity index is 0.00000338. The smallest absolute Gasteiger partial charge is 0.312 e. The van der Waals surface area contributed by atoms with E-state index >= 15 is 0 Å². The normalized spacial score (nSPS) is 14.6. The van der Waals surface area contributed by atoms with Crippen molar-refractivity contribution in [3.8, 4) is 5.75 Å². The third-order valence-electron chi connectivity index (χ3n) is 4.34. The fourth-order valence-corrected chi connectivity index (χ4v) is 3.06. The van der Waals surface area contributed by atoms with E-state index in [0.29, 0.717) is 5.92 Å². The van der Waals surface area contributed by atoms with Gasteiger partial charge < -0.3 is 15.0 Å². The predicted octanol–water partition coefficient (Wildman–Crippen LogP) is 3.29. The molecule has 1 aliphatic rings. The van der Waals surface area contributed by atoms with Crippen LogP contribution in [-0.2, 0) is 4.79 Å². The summed E-state index contributed by atoms with van der Waals surface area (Å²) in [6.45, 7) is 5.68. The highest BCUT2D eigenvalue weighted by atomic mass is 35.5. The van der Waals surface area contributed by atoms with Crippen molar-refractivity contribution >= 4 is 35.6 Å². The predicted molar refractivity (Wildman–Crippen MR) is 103 cm³/mol. The third kappa shape index (κ3) is 6.63. The number of nitrogens with zero attached hydrogens (tertiary/aromatic N) is 2. The molecule has 146 valence electrons. The zero-order valence-electron chi connectivity index (χ0n) is 14.8. The first-order valence-corrected chi connectivity index (χ1v) is 8.94. The summed E-state index contributed by atoms with van der Waals surface area (Å²) in [6.07, 6.45) is 2.21. The molecule has 1 heterocycles.